The van der Waals surface area contributed by atoms with E-state index in [2.05, 4.69) is 11.6 Å². The summed E-state index contributed by atoms with van der Waals surface area (Å²) in [6, 6.07) is 5.38. The van der Waals surface area contributed by atoms with Gasteiger partial charge in [0.05, 0.1) is 36.8 Å². The zero-order chi connectivity index (χ0) is 23.3. The second-order valence-electron chi connectivity index (χ2n) is 8.33. The van der Waals surface area contributed by atoms with E-state index in [4.69, 9.17) is 4.74 Å². The van der Waals surface area contributed by atoms with Crippen LogP contribution in [0.15, 0.2) is 48.3 Å². The van der Waals surface area contributed by atoms with Crippen LogP contribution in [0.5, 0.6) is 0 Å². The van der Waals surface area contributed by atoms with Crippen molar-refractivity contribution in [2.75, 3.05) is 13.2 Å². The number of hydrogen-bond acceptors (Lipinski definition) is 5. The van der Waals surface area contributed by atoms with Gasteiger partial charge in [-0.25, -0.2) is 17.8 Å². The summed E-state index contributed by atoms with van der Waals surface area (Å²) in [6.07, 6.45) is 4.79. The van der Waals surface area contributed by atoms with Crippen molar-refractivity contribution >= 4 is 15.7 Å². The zero-order valence-electron chi connectivity index (χ0n) is 18.5. The fraction of sp³-hybridized carbons (Fsp3) is 0.478. The Balaban J connectivity index is 1.94. The number of ether oxygens (including phenoxy) is 1. The van der Waals surface area contributed by atoms with E-state index in [9.17, 15) is 17.6 Å². The van der Waals surface area contributed by atoms with Gasteiger partial charge in [0.1, 0.15) is 5.82 Å². The molecule has 1 aromatic carbocycles. The van der Waals surface area contributed by atoms with E-state index in [1.807, 2.05) is 13.8 Å². The highest BCUT2D eigenvalue weighted by Crippen LogP contribution is 2.23. The van der Waals surface area contributed by atoms with Gasteiger partial charge in [-0.05, 0) is 30.5 Å². The van der Waals surface area contributed by atoms with Crippen molar-refractivity contribution in [2.45, 2.75) is 56.8 Å². The number of halogens is 1. The SMILES string of the molecule is C=CCN(Cc1cnc(S(=O)(=O)Cc2ccc(F)cc2)n1CC1CCCO1)C(=O)C(C)C. The average molecular weight is 464 g/mol. The zero-order valence-corrected chi connectivity index (χ0v) is 19.4. The van der Waals surface area contributed by atoms with Gasteiger partial charge in [-0.15, -0.1) is 6.58 Å². The summed E-state index contributed by atoms with van der Waals surface area (Å²) in [5.41, 5.74) is 1.09. The molecule has 1 fully saturated rings. The van der Waals surface area contributed by atoms with Gasteiger partial charge in [-0.2, -0.15) is 0 Å². The average Bonchev–Trinajstić information content (AvgIpc) is 3.39. The van der Waals surface area contributed by atoms with Gasteiger partial charge in [-0.3, -0.25) is 4.79 Å². The van der Waals surface area contributed by atoms with Gasteiger partial charge in [-0.1, -0.05) is 32.1 Å². The summed E-state index contributed by atoms with van der Waals surface area (Å²) >= 11 is 0. The lowest BCUT2D eigenvalue weighted by molar-refractivity contribution is -0.134. The number of rotatable bonds is 10. The highest BCUT2D eigenvalue weighted by atomic mass is 32.2. The van der Waals surface area contributed by atoms with Crippen LogP contribution in [0.4, 0.5) is 4.39 Å². The minimum absolute atomic E-state index is 0.0505. The standard InChI is InChI=1S/C23H30FN3O4S/c1-4-11-26(22(28)17(2)3)14-20-13-25-23(27(20)15-21-6-5-12-31-21)32(29,30)16-18-7-9-19(24)10-8-18/h4,7-10,13,17,21H,1,5-6,11-12,14-16H2,2-3H3. The van der Waals surface area contributed by atoms with Gasteiger partial charge in [0.2, 0.25) is 20.9 Å². The maximum absolute atomic E-state index is 13.2. The molecule has 1 aliphatic rings. The van der Waals surface area contributed by atoms with E-state index in [0.29, 0.717) is 31.0 Å². The molecule has 9 heteroatoms. The minimum Gasteiger partial charge on any atom is -0.376 e. The maximum Gasteiger partial charge on any atom is 0.228 e. The fourth-order valence-electron chi connectivity index (χ4n) is 3.77. The lowest BCUT2D eigenvalue weighted by atomic mass is 10.2. The Morgan fingerprint density at radius 1 is 1.38 bits per heavy atom. The Kier molecular flexibility index (Phi) is 7.84. The fourth-order valence-corrected chi connectivity index (χ4v) is 5.27. The van der Waals surface area contributed by atoms with E-state index in [0.717, 1.165) is 12.8 Å². The first kappa shape index (κ1) is 24.1. The third kappa shape index (κ3) is 5.83. The van der Waals surface area contributed by atoms with E-state index >= 15 is 0 Å². The Labute approximate surface area is 188 Å². The highest BCUT2D eigenvalue weighted by Gasteiger charge is 2.28. The molecule has 2 heterocycles. The van der Waals surface area contributed by atoms with Crippen molar-refractivity contribution < 1.29 is 22.3 Å². The molecule has 7 nitrogen and oxygen atoms in total. The van der Waals surface area contributed by atoms with E-state index < -0.39 is 15.7 Å². The molecule has 1 atom stereocenters. The monoisotopic (exact) mass is 463 g/mol. The molecular weight excluding hydrogens is 433 g/mol. The molecule has 1 aromatic heterocycles. The van der Waals surface area contributed by atoms with Gasteiger partial charge < -0.3 is 14.2 Å². The number of benzene rings is 1. The molecule has 2 aromatic rings. The first-order valence-corrected chi connectivity index (χ1v) is 12.4. The van der Waals surface area contributed by atoms with Crippen LogP contribution in [-0.2, 0) is 38.2 Å². The molecule has 1 unspecified atom stereocenters. The third-order valence-corrected chi connectivity index (χ3v) is 6.96. The van der Waals surface area contributed by atoms with Crippen molar-refractivity contribution in [1.29, 1.82) is 0 Å². The third-order valence-electron chi connectivity index (χ3n) is 5.37. The van der Waals surface area contributed by atoms with Crippen molar-refractivity contribution in [3.8, 4) is 0 Å². The molecule has 3 rings (SSSR count). The number of carbonyl (C=O) groups is 1. The molecule has 32 heavy (non-hydrogen) atoms. The summed E-state index contributed by atoms with van der Waals surface area (Å²) < 4.78 is 47.1. The summed E-state index contributed by atoms with van der Waals surface area (Å²) in [6.45, 7) is 8.91. The first-order valence-electron chi connectivity index (χ1n) is 10.7. The Hall–Kier alpha value is -2.52. The summed E-state index contributed by atoms with van der Waals surface area (Å²) in [4.78, 5) is 18.5. The van der Waals surface area contributed by atoms with Crippen LogP contribution in [0, 0.1) is 11.7 Å². The molecular formula is C23H30FN3O4S. The van der Waals surface area contributed by atoms with E-state index in [1.54, 1.807) is 15.5 Å². The molecule has 0 bridgehead atoms. The van der Waals surface area contributed by atoms with Crippen LogP contribution in [0.1, 0.15) is 37.9 Å². The molecule has 0 aliphatic carbocycles. The van der Waals surface area contributed by atoms with Crippen LogP contribution < -0.4 is 0 Å². The molecule has 0 N–H and O–H groups in total. The molecule has 0 spiro atoms. The normalized spacial score (nSPS) is 16.4. The number of carbonyl (C=O) groups excluding carboxylic acids is 1. The molecule has 0 radical (unpaired) electrons. The van der Waals surface area contributed by atoms with Gasteiger partial charge in [0.25, 0.3) is 0 Å². The number of aromatic nitrogens is 2. The summed E-state index contributed by atoms with van der Waals surface area (Å²) in [7, 11) is -3.81. The predicted molar refractivity (Wildman–Crippen MR) is 119 cm³/mol. The minimum atomic E-state index is -3.81. The molecule has 174 valence electrons. The van der Waals surface area contributed by atoms with Gasteiger partial charge in [0, 0.05) is 19.1 Å². The van der Waals surface area contributed by atoms with Crippen LogP contribution in [0.25, 0.3) is 0 Å². The van der Waals surface area contributed by atoms with Gasteiger partial charge >= 0.3 is 0 Å². The molecule has 1 amide bonds. The second-order valence-corrected chi connectivity index (χ2v) is 10.2. The quantitative estimate of drug-likeness (QED) is 0.505. The van der Waals surface area contributed by atoms with Crippen LogP contribution in [0.3, 0.4) is 0 Å². The van der Waals surface area contributed by atoms with Crippen LogP contribution in [0.2, 0.25) is 0 Å². The van der Waals surface area contributed by atoms with Crippen molar-refractivity contribution in [2.24, 2.45) is 5.92 Å². The number of nitrogens with zero attached hydrogens (tertiary/aromatic N) is 3. The Morgan fingerprint density at radius 3 is 2.69 bits per heavy atom. The Morgan fingerprint density at radius 2 is 2.09 bits per heavy atom. The topological polar surface area (TPSA) is 81.5 Å². The van der Waals surface area contributed by atoms with Crippen LogP contribution in [-0.4, -0.2) is 48.0 Å². The lowest BCUT2D eigenvalue weighted by Crippen LogP contribution is -2.35. The Bertz CT molecular complexity index is 1040. The van der Waals surface area contributed by atoms with Crippen molar-refractivity contribution in [1.82, 2.24) is 14.5 Å². The molecule has 0 saturated carbocycles. The highest BCUT2D eigenvalue weighted by molar-refractivity contribution is 7.90. The van der Waals surface area contributed by atoms with Gasteiger partial charge in [0.15, 0.2) is 0 Å². The van der Waals surface area contributed by atoms with Crippen LogP contribution >= 0.6 is 0 Å². The number of amides is 1. The van der Waals surface area contributed by atoms with E-state index in [1.165, 1.54) is 30.5 Å². The molecule has 1 saturated heterocycles. The lowest BCUT2D eigenvalue weighted by Gasteiger charge is -2.24. The molecule has 1 aliphatic heterocycles. The van der Waals surface area contributed by atoms with Crippen molar-refractivity contribution in [3.05, 3.63) is 60.2 Å². The number of hydrogen-bond donors (Lipinski definition) is 0. The largest absolute Gasteiger partial charge is 0.376 e. The first-order chi connectivity index (χ1) is 15.2. The van der Waals surface area contributed by atoms with Crippen molar-refractivity contribution in [3.63, 3.8) is 0 Å². The maximum atomic E-state index is 13.2. The summed E-state index contributed by atoms with van der Waals surface area (Å²) in [5, 5.41) is -0.0668. The predicted octanol–water partition coefficient (Wildman–Crippen LogP) is 3.35. The second kappa shape index (κ2) is 10.4. The number of sulfone groups is 1. The van der Waals surface area contributed by atoms with E-state index in [-0.39, 0.29) is 35.4 Å². The smallest absolute Gasteiger partial charge is 0.228 e. The number of imidazole rings is 1. The summed E-state index contributed by atoms with van der Waals surface area (Å²) in [5.74, 6) is -0.974.